The molecule has 0 unspecified atom stereocenters. The van der Waals surface area contributed by atoms with E-state index in [1.165, 1.54) is 0 Å². The van der Waals surface area contributed by atoms with Crippen LogP contribution in [0.1, 0.15) is 20.8 Å². The number of hydrogen-bond donors (Lipinski definition) is 2. The lowest BCUT2D eigenvalue weighted by atomic mass is 10.5. The first-order chi connectivity index (χ1) is 3.15. The zero-order valence-corrected chi connectivity index (χ0v) is 5.18. The van der Waals surface area contributed by atoms with Crippen LogP contribution in [-0.2, 0) is 0 Å². The third kappa shape index (κ3) is 861. The lowest BCUT2D eigenvalue weighted by Gasteiger charge is -1.80. The van der Waals surface area contributed by atoms with Gasteiger partial charge in [-0.05, 0) is 31.7 Å². The summed E-state index contributed by atoms with van der Waals surface area (Å²) in [5.74, 6) is 0. The van der Waals surface area contributed by atoms with E-state index in [4.69, 9.17) is 10.2 Å². The molecule has 0 saturated heterocycles. The van der Waals surface area contributed by atoms with Gasteiger partial charge in [0.25, 0.3) is 0 Å². The highest BCUT2D eigenvalue weighted by molar-refractivity contribution is 5.76. The lowest BCUT2D eigenvalue weighted by Crippen LogP contribution is -1.85. The summed E-state index contributed by atoms with van der Waals surface area (Å²) in [6.07, 6.45) is -0.167. The molecule has 0 spiro atoms. The number of hydrogen-bond acceptors (Lipinski definition) is 2. The van der Waals surface area contributed by atoms with Crippen molar-refractivity contribution in [2.24, 2.45) is 0 Å². The van der Waals surface area contributed by atoms with Gasteiger partial charge in [0, 0.05) is 12.7 Å². The van der Waals surface area contributed by atoms with Gasteiger partial charge >= 0.3 is 0 Å². The van der Waals surface area contributed by atoms with Crippen LogP contribution in [0.5, 0.6) is 0 Å². The van der Waals surface area contributed by atoms with E-state index in [0.717, 1.165) is 0 Å². The van der Waals surface area contributed by atoms with E-state index in [1.54, 1.807) is 20.8 Å². The molecular formula is C5H21AlO2Si. The van der Waals surface area contributed by atoms with E-state index in [9.17, 15) is 0 Å². The molecule has 0 bridgehead atoms. The Balaban J connectivity index is -0.0000000233. The van der Waals surface area contributed by atoms with Gasteiger partial charge in [0.2, 0.25) is 0 Å². The van der Waals surface area contributed by atoms with Gasteiger partial charge in [0.15, 0.2) is 17.4 Å². The second-order valence-corrected chi connectivity index (χ2v) is 1.41. The van der Waals surface area contributed by atoms with Crippen molar-refractivity contribution in [1.82, 2.24) is 0 Å². The molecule has 9 heavy (non-hydrogen) atoms. The summed E-state index contributed by atoms with van der Waals surface area (Å²) in [4.78, 5) is 0. The van der Waals surface area contributed by atoms with Crippen LogP contribution in [0, 0.1) is 0 Å². The van der Waals surface area contributed by atoms with Crippen molar-refractivity contribution in [3.63, 3.8) is 0 Å². The third-order valence-corrected chi connectivity index (χ3v) is 0. The van der Waals surface area contributed by atoms with Crippen molar-refractivity contribution < 1.29 is 10.2 Å². The molecule has 0 atom stereocenters. The maximum Gasteiger partial charge on any atom is 0.187 e. The molecular weight excluding hydrogens is 147 g/mol. The van der Waals surface area contributed by atoms with Crippen LogP contribution in [0.3, 0.4) is 0 Å². The van der Waals surface area contributed by atoms with Crippen LogP contribution in [0.2, 0.25) is 0 Å². The summed E-state index contributed by atoms with van der Waals surface area (Å²) < 4.78 is 0. The molecule has 0 aliphatic rings. The molecule has 0 aromatic carbocycles. The van der Waals surface area contributed by atoms with E-state index in [-0.39, 0.29) is 41.0 Å². The van der Waals surface area contributed by atoms with E-state index < -0.39 is 0 Å². The van der Waals surface area contributed by atoms with E-state index >= 15 is 0 Å². The zero-order chi connectivity index (χ0) is 6.28. The summed E-state index contributed by atoms with van der Waals surface area (Å²) in [6.45, 7) is 5.38. The van der Waals surface area contributed by atoms with Gasteiger partial charge in [0.1, 0.15) is 0 Å². The molecule has 2 N–H and O–H groups in total. The molecule has 0 aliphatic carbocycles. The lowest BCUT2D eigenvalue weighted by molar-refractivity contribution is 0.216. The Labute approximate surface area is 72.4 Å². The van der Waals surface area contributed by atoms with E-state index in [2.05, 4.69) is 0 Å². The van der Waals surface area contributed by atoms with Crippen molar-refractivity contribution in [3.05, 3.63) is 0 Å². The minimum Gasteiger partial charge on any atom is -0.397 e. The van der Waals surface area contributed by atoms with E-state index in [1.807, 2.05) is 0 Å². The molecule has 0 aromatic rings. The van der Waals surface area contributed by atoms with Crippen LogP contribution in [0.25, 0.3) is 0 Å². The number of aliphatic hydroxyl groups is 2. The average Bonchev–Trinajstić information content (AvgIpc) is 1.33. The standard InChI is InChI=1S/C3H8O.C2H6O.Al.H4Si.3H/c1-3(2)4;1-2-3;;;;;/h3-4H,1-2H3;3H,2H2,1H3;;1H4;;;. The van der Waals surface area contributed by atoms with Crippen LogP contribution in [-0.4, -0.2) is 51.3 Å². The van der Waals surface area contributed by atoms with Crippen LogP contribution >= 0.6 is 0 Å². The number of rotatable bonds is 0. The smallest absolute Gasteiger partial charge is 0.187 e. The summed E-state index contributed by atoms with van der Waals surface area (Å²) in [5.41, 5.74) is 0. The minimum absolute atomic E-state index is 0. The fourth-order valence-electron chi connectivity index (χ4n) is 0. The van der Waals surface area contributed by atoms with Gasteiger partial charge in [-0.3, -0.25) is 0 Å². The molecule has 0 fully saturated rings. The van der Waals surface area contributed by atoms with Crippen LogP contribution < -0.4 is 0 Å². The fraction of sp³-hybridized carbons (Fsp3) is 1.00. The van der Waals surface area contributed by atoms with Gasteiger partial charge in [-0.2, -0.15) is 0 Å². The van der Waals surface area contributed by atoms with Crippen molar-refractivity contribution in [2.45, 2.75) is 26.9 Å². The second-order valence-electron chi connectivity index (χ2n) is 1.41. The topological polar surface area (TPSA) is 40.5 Å². The highest BCUT2D eigenvalue weighted by atomic mass is 28.1. The molecule has 0 heterocycles. The summed E-state index contributed by atoms with van der Waals surface area (Å²) >= 11 is 0. The summed E-state index contributed by atoms with van der Waals surface area (Å²) in [5, 5.41) is 15.6. The molecule has 0 rings (SSSR count). The molecule has 0 aliphatic heterocycles. The molecule has 0 amide bonds. The van der Waals surface area contributed by atoms with Gasteiger partial charge in [0.05, 0.1) is 0 Å². The van der Waals surface area contributed by atoms with Crippen molar-refractivity contribution >= 4 is 28.3 Å². The highest BCUT2D eigenvalue weighted by Gasteiger charge is 1.69. The molecule has 0 radical (unpaired) electrons. The highest BCUT2D eigenvalue weighted by Crippen LogP contribution is 1.65. The van der Waals surface area contributed by atoms with Crippen molar-refractivity contribution in [3.8, 4) is 0 Å². The van der Waals surface area contributed by atoms with Crippen LogP contribution in [0.4, 0.5) is 0 Å². The van der Waals surface area contributed by atoms with Crippen molar-refractivity contribution in [2.75, 3.05) is 6.61 Å². The van der Waals surface area contributed by atoms with E-state index in [0.29, 0.717) is 0 Å². The third-order valence-electron chi connectivity index (χ3n) is 0. The predicted octanol–water partition coefficient (Wildman–Crippen LogP) is -2.25. The van der Waals surface area contributed by atoms with Gasteiger partial charge in [-0.15, -0.1) is 0 Å². The maximum atomic E-state index is 8.06. The first-order valence-corrected chi connectivity index (χ1v) is 2.44. The molecule has 0 aromatic heterocycles. The average molecular weight is 168 g/mol. The largest absolute Gasteiger partial charge is 0.397 e. The monoisotopic (exact) mass is 168 g/mol. The number of aliphatic hydroxyl groups excluding tert-OH is 2. The Kier molecular flexibility index (Phi) is 58.8. The second kappa shape index (κ2) is 23.4. The van der Waals surface area contributed by atoms with Crippen molar-refractivity contribution in [1.29, 1.82) is 0 Å². The quantitative estimate of drug-likeness (QED) is 0.401. The molecule has 2 nitrogen and oxygen atoms in total. The molecule has 60 valence electrons. The Bertz CT molecular complexity index is 26.2. The van der Waals surface area contributed by atoms with Crippen LogP contribution in [0.15, 0.2) is 0 Å². The predicted molar refractivity (Wildman–Crippen MR) is 51.4 cm³/mol. The zero-order valence-electron chi connectivity index (χ0n) is 5.18. The first kappa shape index (κ1) is 22.6. The minimum atomic E-state index is -0.167. The normalized spacial score (nSPS) is 6.00. The van der Waals surface area contributed by atoms with Gasteiger partial charge in [-0.25, -0.2) is 0 Å². The Morgan fingerprint density at radius 3 is 1.33 bits per heavy atom. The SMILES string of the molecule is CC(C)O.CCO.[AlH3].[SiH4]. The molecule has 0 saturated carbocycles. The first-order valence-electron chi connectivity index (χ1n) is 2.44. The van der Waals surface area contributed by atoms with Gasteiger partial charge in [-0.1, -0.05) is 0 Å². The Hall–Kier alpha value is 0.669. The van der Waals surface area contributed by atoms with Gasteiger partial charge < -0.3 is 10.2 Å². The Morgan fingerprint density at radius 1 is 1.33 bits per heavy atom. The maximum absolute atomic E-state index is 8.06. The fourth-order valence-corrected chi connectivity index (χ4v) is 0. The summed E-state index contributed by atoms with van der Waals surface area (Å²) in [6, 6.07) is 0. The Morgan fingerprint density at radius 2 is 1.33 bits per heavy atom. The summed E-state index contributed by atoms with van der Waals surface area (Å²) in [7, 11) is 0. The molecule has 4 heteroatoms.